The second-order valence-electron chi connectivity index (χ2n) is 7.27. The Balaban J connectivity index is 2.92. The molecule has 0 aliphatic carbocycles. The van der Waals surface area contributed by atoms with Crippen LogP contribution in [-0.2, 0) is 0 Å². The van der Waals surface area contributed by atoms with Crippen LogP contribution >= 0.6 is 11.8 Å². The number of hydrogen-bond donors (Lipinski definition) is 0. The fourth-order valence-electron chi connectivity index (χ4n) is 3.10. The number of thioether (sulfide) groups is 1. The monoisotopic (exact) mass is 342 g/mol. The van der Waals surface area contributed by atoms with Gasteiger partial charge < -0.3 is 0 Å². The maximum atomic E-state index is 2.30. The lowest BCUT2D eigenvalue weighted by molar-refractivity contribution is 0.531. The Morgan fingerprint density at radius 2 is 0.652 bits per heavy atom. The summed E-state index contributed by atoms with van der Waals surface area (Å²) in [6.45, 7) is 4.59. The molecule has 0 saturated heterocycles. The van der Waals surface area contributed by atoms with Crippen LogP contribution in [0.1, 0.15) is 129 Å². The van der Waals surface area contributed by atoms with E-state index in [1.807, 2.05) is 0 Å². The third kappa shape index (κ3) is 22.4. The lowest BCUT2D eigenvalue weighted by Gasteiger charge is -2.04. The van der Waals surface area contributed by atoms with E-state index in [9.17, 15) is 0 Å². The molecule has 0 spiro atoms. The average molecular weight is 343 g/mol. The molecule has 0 aliphatic rings. The summed E-state index contributed by atoms with van der Waals surface area (Å²) in [5.41, 5.74) is 0. The zero-order valence-corrected chi connectivity index (χ0v) is 17.4. The van der Waals surface area contributed by atoms with Crippen LogP contribution in [0.25, 0.3) is 0 Å². The summed E-state index contributed by atoms with van der Waals surface area (Å²) in [5.74, 6) is 2.79. The molecule has 0 aromatic heterocycles. The highest BCUT2D eigenvalue weighted by molar-refractivity contribution is 7.99. The average Bonchev–Trinajstić information content (AvgIpc) is 2.57. The van der Waals surface area contributed by atoms with E-state index in [0.717, 1.165) is 0 Å². The first-order chi connectivity index (χ1) is 11.4. The number of unbranched alkanes of at least 4 members (excludes halogenated alkanes) is 16. The molecule has 0 amide bonds. The van der Waals surface area contributed by atoms with Crippen LogP contribution in [0.3, 0.4) is 0 Å². The predicted octanol–water partition coefficient (Wildman–Crippen LogP) is 8.78. The quantitative estimate of drug-likeness (QED) is 0.199. The molecule has 0 unspecified atom stereocenters. The molecule has 0 atom stereocenters. The maximum absolute atomic E-state index is 2.30. The third-order valence-corrected chi connectivity index (χ3v) is 5.94. The van der Waals surface area contributed by atoms with Crippen LogP contribution in [0.2, 0.25) is 0 Å². The zero-order chi connectivity index (χ0) is 16.8. The van der Waals surface area contributed by atoms with Crippen molar-refractivity contribution in [2.75, 3.05) is 11.5 Å². The zero-order valence-electron chi connectivity index (χ0n) is 16.6. The normalized spacial score (nSPS) is 11.2. The van der Waals surface area contributed by atoms with Crippen molar-refractivity contribution >= 4 is 11.8 Å². The van der Waals surface area contributed by atoms with Gasteiger partial charge in [-0.1, -0.05) is 117 Å². The maximum Gasteiger partial charge on any atom is -0.00675 e. The van der Waals surface area contributed by atoms with Gasteiger partial charge in [-0.25, -0.2) is 0 Å². The predicted molar refractivity (Wildman–Crippen MR) is 112 cm³/mol. The van der Waals surface area contributed by atoms with E-state index in [1.54, 1.807) is 0 Å². The van der Waals surface area contributed by atoms with E-state index >= 15 is 0 Å². The van der Waals surface area contributed by atoms with Gasteiger partial charge in [-0.3, -0.25) is 0 Å². The highest BCUT2D eigenvalue weighted by Crippen LogP contribution is 2.14. The third-order valence-electron chi connectivity index (χ3n) is 4.78. The topological polar surface area (TPSA) is 0 Å². The van der Waals surface area contributed by atoms with E-state index in [4.69, 9.17) is 0 Å². The molecule has 23 heavy (non-hydrogen) atoms. The summed E-state index contributed by atoms with van der Waals surface area (Å²) in [7, 11) is 0. The van der Waals surface area contributed by atoms with Crippen molar-refractivity contribution in [2.45, 2.75) is 129 Å². The summed E-state index contributed by atoms with van der Waals surface area (Å²) in [4.78, 5) is 0. The van der Waals surface area contributed by atoms with Crippen LogP contribution in [0, 0.1) is 0 Å². The molecule has 0 N–H and O–H groups in total. The van der Waals surface area contributed by atoms with E-state index in [0.29, 0.717) is 0 Å². The second kappa shape index (κ2) is 22.4. The molecule has 0 fully saturated rings. The molecule has 0 bridgehead atoms. The second-order valence-corrected chi connectivity index (χ2v) is 8.49. The van der Waals surface area contributed by atoms with Crippen molar-refractivity contribution in [1.82, 2.24) is 0 Å². The van der Waals surface area contributed by atoms with Crippen molar-refractivity contribution in [3.05, 3.63) is 0 Å². The number of rotatable bonds is 20. The van der Waals surface area contributed by atoms with Crippen molar-refractivity contribution in [3.8, 4) is 0 Å². The van der Waals surface area contributed by atoms with Gasteiger partial charge in [0.25, 0.3) is 0 Å². The van der Waals surface area contributed by atoms with Crippen LogP contribution in [0.15, 0.2) is 0 Å². The van der Waals surface area contributed by atoms with Crippen LogP contribution in [0.4, 0.5) is 0 Å². The van der Waals surface area contributed by atoms with Gasteiger partial charge in [0.15, 0.2) is 0 Å². The molecule has 0 aromatic rings. The molecule has 0 aromatic carbocycles. The van der Waals surface area contributed by atoms with Gasteiger partial charge in [0, 0.05) is 0 Å². The van der Waals surface area contributed by atoms with Gasteiger partial charge in [0.2, 0.25) is 0 Å². The van der Waals surface area contributed by atoms with Crippen molar-refractivity contribution in [1.29, 1.82) is 0 Å². The van der Waals surface area contributed by atoms with Gasteiger partial charge in [-0.2, -0.15) is 11.8 Å². The molecule has 0 nitrogen and oxygen atoms in total. The van der Waals surface area contributed by atoms with Crippen molar-refractivity contribution < 1.29 is 0 Å². The fraction of sp³-hybridized carbons (Fsp3) is 1.00. The molecular formula is C22H46S. The molecule has 0 aliphatic heterocycles. The van der Waals surface area contributed by atoms with Gasteiger partial charge in [-0.15, -0.1) is 0 Å². The molecule has 140 valence electrons. The minimum absolute atomic E-state index is 1.35. The SMILES string of the molecule is CCCCCCCCCCCCCCCCCCSCCCC. The lowest BCUT2D eigenvalue weighted by atomic mass is 10.0. The molecular weight excluding hydrogens is 296 g/mol. The molecule has 1 heteroatoms. The van der Waals surface area contributed by atoms with Crippen LogP contribution in [0.5, 0.6) is 0 Å². The Hall–Kier alpha value is 0.350. The van der Waals surface area contributed by atoms with E-state index in [2.05, 4.69) is 25.6 Å². The van der Waals surface area contributed by atoms with E-state index in [1.165, 1.54) is 127 Å². The van der Waals surface area contributed by atoms with Crippen molar-refractivity contribution in [3.63, 3.8) is 0 Å². The van der Waals surface area contributed by atoms with Crippen molar-refractivity contribution in [2.24, 2.45) is 0 Å². The Morgan fingerprint density at radius 3 is 1.04 bits per heavy atom. The molecule has 0 radical (unpaired) electrons. The fourth-order valence-corrected chi connectivity index (χ4v) is 4.21. The van der Waals surface area contributed by atoms with E-state index < -0.39 is 0 Å². The van der Waals surface area contributed by atoms with Gasteiger partial charge >= 0.3 is 0 Å². The minimum Gasteiger partial charge on any atom is -0.162 e. The van der Waals surface area contributed by atoms with Crippen LogP contribution in [-0.4, -0.2) is 11.5 Å². The molecule has 0 heterocycles. The standard InChI is InChI=1S/C22H46S/c1-3-5-7-8-9-10-11-12-13-14-15-16-17-18-19-20-22-23-21-6-4-2/h3-22H2,1-2H3. The molecule has 0 rings (SSSR count). The summed E-state index contributed by atoms with van der Waals surface area (Å²) in [6, 6.07) is 0. The Kier molecular flexibility index (Phi) is 22.7. The highest BCUT2D eigenvalue weighted by Gasteiger charge is 1.95. The first-order valence-corrected chi connectivity index (χ1v) is 12.1. The number of hydrogen-bond acceptors (Lipinski definition) is 1. The van der Waals surface area contributed by atoms with Crippen LogP contribution < -0.4 is 0 Å². The Morgan fingerprint density at radius 1 is 0.348 bits per heavy atom. The Labute approximate surface area is 153 Å². The summed E-state index contributed by atoms with van der Waals surface area (Å²) < 4.78 is 0. The smallest absolute Gasteiger partial charge is 0.00675 e. The first-order valence-electron chi connectivity index (χ1n) is 11.0. The highest BCUT2D eigenvalue weighted by atomic mass is 32.2. The lowest BCUT2D eigenvalue weighted by Crippen LogP contribution is -1.86. The first kappa shape index (κ1) is 23.4. The summed E-state index contributed by atoms with van der Waals surface area (Å²) in [6.07, 6.45) is 26.3. The largest absolute Gasteiger partial charge is 0.162 e. The van der Waals surface area contributed by atoms with Gasteiger partial charge in [0.05, 0.1) is 0 Å². The van der Waals surface area contributed by atoms with Gasteiger partial charge in [-0.05, 0) is 24.3 Å². The summed E-state index contributed by atoms with van der Waals surface area (Å²) in [5, 5.41) is 0. The van der Waals surface area contributed by atoms with Gasteiger partial charge in [0.1, 0.15) is 0 Å². The summed E-state index contributed by atoms with van der Waals surface area (Å²) >= 11 is 2.16. The van der Waals surface area contributed by atoms with E-state index in [-0.39, 0.29) is 0 Å². The molecule has 0 saturated carbocycles. The minimum atomic E-state index is 1.35. The Bertz CT molecular complexity index is 170.